The molecule has 2 aliphatic rings. The molecule has 1 aliphatic heterocycles. The number of amides is 2. The monoisotopic (exact) mass is 531 g/mol. The molecule has 2 amide bonds. The molecular formula is C25H30ClN5O4S. The zero-order chi connectivity index (χ0) is 25.4. The number of carbonyl (C=O) groups is 2. The van der Waals surface area contributed by atoms with Gasteiger partial charge in [-0.2, -0.15) is 0 Å². The average Bonchev–Trinajstić information content (AvgIpc) is 3.48. The molecule has 2 aromatic heterocycles. The van der Waals surface area contributed by atoms with Gasteiger partial charge < -0.3 is 30.0 Å². The lowest BCUT2D eigenvalue weighted by Crippen LogP contribution is -2.59. The van der Waals surface area contributed by atoms with Crippen LogP contribution in [0.5, 0.6) is 0 Å². The molecule has 3 N–H and O–H groups in total. The van der Waals surface area contributed by atoms with Crippen molar-refractivity contribution in [2.24, 2.45) is 0 Å². The van der Waals surface area contributed by atoms with E-state index in [9.17, 15) is 9.59 Å². The predicted molar refractivity (Wildman–Crippen MR) is 139 cm³/mol. The van der Waals surface area contributed by atoms with E-state index in [0.29, 0.717) is 28.6 Å². The number of fused-ring (bicyclic) bond motifs is 2. The largest absolute Gasteiger partial charge is 0.379 e. The lowest BCUT2D eigenvalue weighted by molar-refractivity contribution is -0.0709. The first kappa shape index (κ1) is 25.2. The van der Waals surface area contributed by atoms with Crippen LogP contribution in [-0.4, -0.2) is 78.8 Å². The number of nitrogens with zero attached hydrogens (tertiary/aromatic N) is 2. The number of ether oxygens (including phenoxy) is 2. The number of carbonyl (C=O) groups excluding carboxylic acids is 2. The van der Waals surface area contributed by atoms with Crippen LogP contribution >= 0.6 is 22.9 Å². The van der Waals surface area contributed by atoms with Crippen molar-refractivity contribution < 1.29 is 19.1 Å². The number of thiazole rings is 1. The van der Waals surface area contributed by atoms with Gasteiger partial charge in [0.15, 0.2) is 5.01 Å². The SMILES string of the molecule is COC1CC(NC(=O)c2cc3cc(Cl)ccc3[nH]2)C(NC(=O)c2nc3c(s2)CN(C)CC3)CC1OC. The van der Waals surface area contributed by atoms with Gasteiger partial charge in [0, 0.05) is 54.5 Å². The minimum absolute atomic E-state index is 0.207. The van der Waals surface area contributed by atoms with E-state index < -0.39 is 0 Å². The maximum Gasteiger partial charge on any atom is 0.280 e. The summed E-state index contributed by atoms with van der Waals surface area (Å²) in [6, 6.07) is 6.50. The number of H-pyrrole nitrogens is 1. The minimum Gasteiger partial charge on any atom is -0.379 e. The van der Waals surface area contributed by atoms with E-state index >= 15 is 0 Å². The van der Waals surface area contributed by atoms with E-state index in [0.717, 1.165) is 41.0 Å². The van der Waals surface area contributed by atoms with Crippen LogP contribution < -0.4 is 10.6 Å². The number of hydrogen-bond acceptors (Lipinski definition) is 7. The zero-order valence-electron chi connectivity index (χ0n) is 20.5. The average molecular weight is 532 g/mol. The lowest BCUT2D eigenvalue weighted by atomic mass is 9.85. The Bertz CT molecular complexity index is 1280. The number of rotatable bonds is 6. The second kappa shape index (κ2) is 10.5. The van der Waals surface area contributed by atoms with Gasteiger partial charge in [0.1, 0.15) is 5.69 Å². The van der Waals surface area contributed by atoms with Crippen molar-refractivity contribution in [1.82, 2.24) is 25.5 Å². The van der Waals surface area contributed by atoms with Crippen molar-refractivity contribution in [3.63, 3.8) is 0 Å². The molecule has 5 rings (SSSR count). The highest BCUT2D eigenvalue weighted by molar-refractivity contribution is 7.13. The molecule has 3 heterocycles. The van der Waals surface area contributed by atoms with Crippen LogP contribution in [0.25, 0.3) is 10.9 Å². The molecule has 4 unspecified atom stereocenters. The number of nitrogens with one attached hydrogen (secondary N) is 3. The first-order valence-corrected chi connectivity index (χ1v) is 13.2. The molecule has 4 atom stereocenters. The molecule has 1 aliphatic carbocycles. The molecule has 0 bridgehead atoms. The third kappa shape index (κ3) is 5.14. The molecule has 9 nitrogen and oxygen atoms in total. The summed E-state index contributed by atoms with van der Waals surface area (Å²) in [6.07, 6.45) is 1.42. The highest BCUT2D eigenvalue weighted by Crippen LogP contribution is 2.28. The van der Waals surface area contributed by atoms with Crippen molar-refractivity contribution in [2.45, 2.75) is 50.1 Å². The van der Waals surface area contributed by atoms with Crippen LogP contribution in [0.15, 0.2) is 24.3 Å². The van der Waals surface area contributed by atoms with Crippen molar-refractivity contribution in [1.29, 1.82) is 0 Å². The van der Waals surface area contributed by atoms with Gasteiger partial charge in [0.2, 0.25) is 0 Å². The first-order valence-electron chi connectivity index (χ1n) is 12.0. The fourth-order valence-electron chi connectivity index (χ4n) is 5.07. The molecule has 1 fully saturated rings. The smallest absolute Gasteiger partial charge is 0.280 e. The van der Waals surface area contributed by atoms with E-state index in [1.807, 2.05) is 12.1 Å². The second-order valence-corrected chi connectivity index (χ2v) is 11.0. The number of benzene rings is 1. The van der Waals surface area contributed by atoms with E-state index in [1.54, 1.807) is 26.4 Å². The number of halogens is 1. The molecule has 192 valence electrons. The fraction of sp³-hybridized carbons (Fsp3) is 0.480. The van der Waals surface area contributed by atoms with E-state index in [4.69, 9.17) is 21.1 Å². The summed E-state index contributed by atoms with van der Waals surface area (Å²) in [7, 11) is 5.33. The standard InChI is InChI=1S/C25H30ClN5O4S/c1-31-7-6-16-22(12-31)36-25(30-16)24(33)29-18-11-21(35-3)20(34-2)10-17(18)28-23(32)19-9-13-8-14(26)4-5-15(13)27-19/h4-5,8-9,17-18,20-21,27H,6-7,10-12H2,1-3H3,(H,28,32)(H,29,33). The minimum atomic E-state index is -0.353. The number of likely N-dealkylation sites (N-methyl/N-ethyl adjacent to an activating group) is 1. The Balaban J connectivity index is 1.34. The molecule has 1 saturated carbocycles. The second-order valence-electron chi connectivity index (χ2n) is 9.47. The van der Waals surface area contributed by atoms with Gasteiger partial charge in [-0.1, -0.05) is 11.6 Å². The lowest BCUT2D eigenvalue weighted by Gasteiger charge is -2.40. The van der Waals surface area contributed by atoms with E-state index in [1.165, 1.54) is 11.3 Å². The predicted octanol–water partition coefficient (Wildman–Crippen LogP) is 2.99. The number of aromatic amines is 1. The van der Waals surface area contributed by atoms with Crippen LogP contribution in [0.4, 0.5) is 0 Å². The van der Waals surface area contributed by atoms with Crippen LogP contribution in [0, 0.1) is 0 Å². The van der Waals surface area contributed by atoms with Crippen LogP contribution in [0.1, 0.15) is 43.7 Å². The Morgan fingerprint density at radius 1 is 1.11 bits per heavy atom. The van der Waals surface area contributed by atoms with Gasteiger partial charge >= 0.3 is 0 Å². The summed E-state index contributed by atoms with van der Waals surface area (Å²) >= 11 is 7.53. The number of aromatic nitrogens is 2. The molecule has 0 radical (unpaired) electrons. The van der Waals surface area contributed by atoms with Gasteiger partial charge in [-0.3, -0.25) is 9.59 Å². The third-order valence-corrected chi connectivity index (χ3v) is 8.37. The molecule has 36 heavy (non-hydrogen) atoms. The Hall–Kier alpha value is -2.50. The maximum absolute atomic E-state index is 13.2. The van der Waals surface area contributed by atoms with Gasteiger partial charge in [-0.05, 0) is 44.2 Å². The summed E-state index contributed by atoms with van der Waals surface area (Å²) in [6.45, 7) is 1.74. The van der Waals surface area contributed by atoms with Crippen molar-refractivity contribution in [3.8, 4) is 0 Å². The van der Waals surface area contributed by atoms with Crippen LogP contribution in [0.2, 0.25) is 5.02 Å². The van der Waals surface area contributed by atoms with E-state index in [2.05, 4.69) is 32.5 Å². The molecule has 11 heteroatoms. The zero-order valence-corrected chi connectivity index (χ0v) is 22.0. The fourth-order valence-corrected chi connectivity index (χ4v) is 6.34. The number of methoxy groups -OCH3 is 2. The highest BCUT2D eigenvalue weighted by Gasteiger charge is 2.40. The highest BCUT2D eigenvalue weighted by atomic mass is 35.5. The van der Waals surface area contributed by atoms with Gasteiger partial charge in [-0.25, -0.2) is 4.98 Å². The summed E-state index contributed by atoms with van der Waals surface area (Å²) in [5.74, 6) is -0.489. The Labute approximate surface area is 218 Å². The van der Waals surface area contributed by atoms with Crippen LogP contribution in [-0.2, 0) is 22.4 Å². The molecule has 3 aromatic rings. The number of hydrogen-bond donors (Lipinski definition) is 3. The van der Waals surface area contributed by atoms with Gasteiger partial charge in [0.05, 0.1) is 30.0 Å². The summed E-state index contributed by atoms with van der Waals surface area (Å²) in [4.78, 5) is 37.5. The summed E-state index contributed by atoms with van der Waals surface area (Å²) < 4.78 is 11.3. The summed E-state index contributed by atoms with van der Waals surface area (Å²) in [5, 5.41) is 8.14. The van der Waals surface area contributed by atoms with E-state index in [-0.39, 0.29) is 36.1 Å². The first-order chi connectivity index (χ1) is 17.3. The molecule has 0 saturated heterocycles. The topological polar surface area (TPSA) is 109 Å². The van der Waals surface area contributed by atoms with Crippen molar-refractivity contribution >= 4 is 45.7 Å². The molecular weight excluding hydrogens is 502 g/mol. The van der Waals surface area contributed by atoms with Crippen LogP contribution in [0.3, 0.4) is 0 Å². The Morgan fingerprint density at radius 2 is 1.81 bits per heavy atom. The molecule has 1 aromatic carbocycles. The Morgan fingerprint density at radius 3 is 2.50 bits per heavy atom. The Kier molecular flexibility index (Phi) is 7.32. The van der Waals surface area contributed by atoms with Gasteiger partial charge in [0.25, 0.3) is 11.8 Å². The van der Waals surface area contributed by atoms with Gasteiger partial charge in [-0.15, -0.1) is 11.3 Å². The third-order valence-electron chi connectivity index (χ3n) is 7.06. The maximum atomic E-state index is 13.2. The molecule has 0 spiro atoms. The quantitative estimate of drug-likeness (QED) is 0.451. The summed E-state index contributed by atoms with van der Waals surface area (Å²) in [5.41, 5.74) is 2.26. The normalized spacial score (nSPS) is 24.4. The van der Waals surface area contributed by atoms with Crippen molar-refractivity contribution in [3.05, 3.63) is 50.6 Å². The van der Waals surface area contributed by atoms with Crippen molar-refractivity contribution in [2.75, 3.05) is 27.8 Å².